The standard InChI is InChI=1S/C14H25N5/c1-9(2)10(3)13-16-14(18-17-13)19-7-11-5-4-6-15-12(11)8-19/h9-12,15H,4-8H2,1-3H3,(H,16,17,18). The highest BCUT2D eigenvalue weighted by Crippen LogP contribution is 2.28. The van der Waals surface area contributed by atoms with Crippen LogP contribution in [0.4, 0.5) is 5.95 Å². The number of nitrogens with zero attached hydrogens (tertiary/aromatic N) is 3. The normalized spacial score (nSPS) is 28.7. The Labute approximate surface area is 115 Å². The third kappa shape index (κ3) is 2.48. The van der Waals surface area contributed by atoms with E-state index in [0.717, 1.165) is 30.8 Å². The topological polar surface area (TPSA) is 56.8 Å². The molecular weight excluding hydrogens is 238 g/mol. The molecule has 2 N–H and O–H groups in total. The molecule has 0 saturated carbocycles. The van der Waals surface area contributed by atoms with Crippen LogP contribution in [-0.4, -0.2) is 40.9 Å². The van der Waals surface area contributed by atoms with Crippen LogP contribution < -0.4 is 10.2 Å². The van der Waals surface area contributed by atoms with E-state index in [1.165, 1.54) is 19.4 Å². The smallest absolute Gasteiger partial charge is 0.244 e. The summed E-state index contributed by atoms with van der Waals surface area (Å²) in [5.41, 5.74) is 0. The van der Waals surface area contributed by atoms with E-state index in [9.17, 15) is 0 Å². The molecule has 3 heterocycles. The van der Waals surface area contributed by atoms with Crippen LogP contribution in [0.25, 0.3) is 0 Å². The molecule has 2 aliphatic heterocycles. The summed E-state index contributed by atoms with van der Waals surface area (Å²) in [4.78, 5) is 7.04. The zero-order valence-electron chi connectivity index (χ0n) is 12.2. The summed E-state index contributed by atoms with van der Waals surface area (Å²) in [5.74, 6) is 3.71. The summed E-state index contributed by atoms with van der Waals surface area (Å²) in [6.45, 7) is 9.98. The lowest BCUT2D eigenvalue weighted by Crippen LogP contribution is -2.40. The van der Waals surface area contributed by atoms with Crippen molar-refractivity contribution in [2.75, 3.05) is 24.5 Å². The molecule has 0 spiro atoms. The molecule has 2 saturated heterocycles. The predicted molar refractivity (Wildman–Crippen MR) is 76.4 cm³/mol. The molecular formula is C14H25N5. The minimum Gasteiger partial charge on any atom is -0.338 e. The van der Waals surface area contributed by atoms with Crippen LogP contribution in [0.1, 0.15) is 45.4 Å². The molecule has 1 aromatic heterocycles. The quantitative estimate of drug-likeness (QED) is 0.872. The van der Waals surface area contributed by atoms with Gasteiger partial charge in [0.25, 0.3) is 0 Å². The molecule has 1 aromatic rings. The number of nitrogens with one attached hydrogen (secondary N) is 2. The van der Waals surface area contributed by atoms with Gasteiger partial charge in [0, 0.05) is 25.0 Å². The largest absolute Gasteiger partial charge is 0.338 e. The summed E-state index contributed by atoms with van der Waals surface area (Å²) in [7, 11) is 0. The second-order valence-corrected chi connectivity index (χ2v) is 6.42. The number of hydrogen-bond donors (Lipinski definition) is 2. The van der Waals surface area contributed by atoms with E-state index in [1.54, 1.807) is 0 Å². The van der Waals surface area contributed by atoms with Gasteiger partial charge in [0.1, 0.15) is 5.82 Å². The molecule has 0 bridgehead atoms. The zero-order chi connectivity index (χ0) is 13.4. The van der Waals surface area contributed by atoms with Gasteiger partial charge in [-0.25, -0.2) is 0 Å². The van der Waals surface area contributed by atoms with E-state index < -0.39 is 0 Å². The highest BCUT2D eigenvalue weighted by molar-refractivity contribution is 5.33. The van der Waals surface area contributed by atoms with Gasteiger partial charge in [-0.3, -0.25) is 5.10 Å². The first-order valence-corrected chi connectivity index (χ1v) is 7.55. The Bertz CT molecular complexity index is 413. The number of rotatable bonds is 3. The SMILES string of the molecule is CC(C)C(C)c1nc(N2CC3CCCNC3C2)n[nH]1. The lowest BCUT2D eigenvalue weighted by Gasteiger charge is -2.24. The van der Waals surface area contributed by atoms with Gasteiger partial charge >= 0.3 is 0 Å². The monoisotopic (exact) mass is 263 g/mol. The van der Waals surface area contributed by atoms with Crippen molar-refractivity contribution in [1.82, 2.24) is 20.5 Å². The van der Waals surface area contributed by atoms with Crippen LogP contribution in [0.15, 0.2) is 0 Å². The molecule has 0 radical (unpaired) electrons. The molecule has 2 fully saturated rings. The summed E-state index contributed by atoms with van der Waals surface area (Å²) in [5, 5.41) is 11.2. The summed E-state index contributed by atoms with van der Waals surface area (Å²) in [6, 6.07) is 0.637. The first kappa shape index (κ1) is 12.9. The third-order valence-electron chi connectivity index (χ3n) is 4.80. The molecule has 0 aliphatic carbocycles. The zero-order valence-corrected chi connectivity index (χ0v) is 12.2. The lowest BCUT2D eigenvalue weighted by molar-refractivity contribution is 0.340. The number of H-pyrrole nitrogens is 1. The molecule has 2 aliphatic rings. The van der Waals surface area contributed by atoms with Crippen LogP contribution in [0.3, 0.4) is 0 Å². The van der Waals surface area contributed by atoms with E-state index in [1.807, 2.05) is 0 Å². The van der Waals surface area contributed by atoms with Crippen LogP contribution >= 0.6 is 0 Å². The number of piperidine rings is 1. The molecule has 19 heavy (non-hydrogen) atoms. The van der Waals surface area contributed by atoms with Crippen molar-refractivity contribution in [3.63, 3.8) is 0 Å². The summed E-state index contributed by atoms with van der Waals surface area (Å²) in [6.07, 6.45) is 2.65. The predicted octanol–water partition coefficient (Wildman–Crippen LogP) is 1.75. The van der Waals surface area contributed by atoms with Crippen molar-refractivity contribution in [1.29, 1.82) is 0 Å². The van der Waals surface area contributed by atoms with Crippen molar-refractivity contribution in [3.05, 3.63) is 5.82 Å². The van der Waals surface area contributed by atoms with E-state index >= 15 is 0 Å². The Balaban J connectivity index is 1.70. The Morgan fingerprint density at radius 2 is 2.11 bits per heavy atom. The van der Waals surface area contributed by atoms with Crippen molar-refractivity contribution in [3.8, 4) is 0 Å². The van der Waals surface area contributed by atoms with Crippen LogP contribution in [0.5, 0.6) is 0 Å². The second-order valence-electron chi connectivity index (χ2n) is 6.42. The fraction of sp³-hybridized carbons (Fsp3) is 0.857. The first-order valence-electron chi connectivity index (χ1n) is 7.55. The molecule has 3 unspecified atom stereocenters. The van der Waals surface area contributed by atoms with Gasteiger partial charge in [0.05, 0.1) is 0 Å². The molecule has 3 rings (SSSR count). The highest BCUT2D eigenvalue weighted by Gasteiger charge is 2.35. The highest BCUT2D eigenvalue weighted by atomic mass is 15.4. The van der Waals surface area contributed by atoms with Crippen LogP contribution in [0, 0.1) is 11.8 Å². The number of aromatic nitrogens is 3. The van der Waals surface area contributed by atoms with Gasteiger partial charge in [-0.2, -0.15) is 4.98 Å². The Morgan fingerprint density at radius 1 is 1.26 bits per heavy atom. The number of aromatic amines is 1. The van der Waals surface area contributed by atoms with Crippen molar-refractivity contribution >= 4 is 5.95 Å². The van der Waals surface area contributed by atoms with Gasteiger partial charge in [-0.05, 0) is 31.2 Å². The van der Waals surface area contributed by atoms with Crippen molar-refractivity contribution < 1.29 is 0 Å². The Morgan fingerprint density at radius 3 is 2.84 bits per heavy atom. The minimum atomic E-state index is 0.434. The van der Waals surface area contributed by atoms with Crippen molar-refractivity contribution in [2.24, 2.45) is 11.8 Å². The van der Waals surface area contributed by atoms with Gasteiger partial charge in [0.2, 0.25) is 5.95 Å². The fourth-order valence-corrected chi connectivity index (χ4v) is 3.14. The number of fused-ring (bicyclic) bond motifs is 1. The molecule has 0 aromatic carbocycles. The lowest BCUT2D eigenvalue weighted by atomic mass is 9.94. The second kappa shape index (κ2) is 5.12. The van der Waals surface area contributed by atoms with Crippen molar-refractivity contribution in [2.45, 2.75) is 45.6 Å². The molecule has 5 heteroatoms. The summed E-state index contributed by atoms with van der Waals surface area (Å²) < 4.78 is 0. The third-order valence-corrected chi connectivity index (χ3v) is 4.80. The molecule has 106 valence electrons. The van der Waals surface area contributed by atoms with E-state index in [2.05, 4.69) is 41.2 Å². The molecule has 0 amide bonds. The average Bonchev–Trinajstić information content (AvgIpc) is 3.03. The summed E-state index contributed by atoms with van der Waals surface area (Å²) >= 11 is 0. The maximum Gasteiger partial charge on any atom is 0.244 e. The first-order chi connectivity index (χ1) is 9.15. The fourth-order valence-electron chi connectivity index (χ4n) is 3.14. The maximum atomic E-state index is 4.70. The van der Waals surface area contributed by atoms with E-state index in [0.29, 0.717) is 17.9 Å². The minimum absolute atomic E-state index is 0.434. The number of anilines is 1. The maximum absolute atomic E-state index is 4.70. The van der Waals surface area contributed by atoms with E-state index in [-0.39, 0.29) is 0 Å². The van der Waals surface area contributed by atoms with Gasteiger partial charge in [-0.15, -0.1) is 5.10 Å². The average molecular weight is 263 g/mol. The Hall–Kier alpha value is -1.10. The van der Waals surface area contributed by atoms with E-state index in [4.69, 9.17) is 4.98 Å². The van der Waals surface area contributed by atoms with Gasteiger partial charge in [-0.1, -0.05) is 20.8 Å². The Kier molecular flexibility index (Phi) is 3.48. The molecule has 3 atom stereocenters. The van der Waals surface area contributed by atoms with Crippen LogP contribution in [-0.2, 0) is 0 Å². The van der Waals surface area contributed by atoms with Gasteiger partial charge < -0.3 is 10.2 Å². The van der Waals surface area contributed by atoms with Gasteiger partial charge in [0.15, 0.2) is 0 Å². The molecule has 5 nitrogen and oxygen atoms in total. The number of hydrogen-bond acceptors (Lipinski definition) is 4. The van der Waals surface area contributed by atoms with Crippen LogP contribution in [0.2, 0.25) is 0 Å².